The standard InChI is InChI=1S/C8H21NO3S/c1-13(2,10)8-7-12-6-5-11-4-3-9/h10H,3-9H2,1-2H3. The Bertz CT molecular complexity index is 116. The highest BCUT2D eigenvalue weighted by Crippen LogP contribution is 2.32. The van der Waals surface area contributed by atoms with Gasteiger partial charge in [-0.25, -0.2) is 0 Å². The number of hydrogen-bond donors (Lipinski definition) is 2. The number of ether oxygens (including phenoxy) is 2. The van der Waals surface area contributed by atoms with E-state index in [1.807, 2.05) is 12.5 Å². The molecule has 0 heterocycles. The molecule has 13 heavy (non-hydrogen) atoms. The number of nitrogens with two attached hydrogens (primary N) is 1. The second kappa shape index (κ2) is 7.58. The lowest BCUT2D eigenvalue weighted by Crippen LogP contribution is -2.14. The zero-order chi connectivity index (χ0) is 10.2. The largest absolute Gasteiger partial charge is 0.378 e. The molecule has 5 heteroatoms. The molecule has 0 amide bonds. The van der Waals surface area contributed by atoms with E-state index in [0.29, 0.717) is 33.0 Å². The smallest absolute Gasteiger partial charge is 0.0701 e. The van der Waals surface area contributed by atoms with Crippen LogP contribution in [-0.2, 0) is 9.47 Å². The van der Waals surface area contributed by atoms with E-state index in [2.05, 4.69) is 0 Å². The zero-order valence-corrected chi connectivity index (χ0v) is 9.31. The highest BCUT2D eigenvalue weighted by Gasteiger charge is 2.04. The van der Waals surface area contributed by atoms with E-state index in [4.69, 9.17) is 15.2 Å². The van der Waals surface area contributed by atoms with Crippen molar-refractivity contribution in [2.75, 3.05) is 51.2 Å². The Morgan fingerprint density at radius 1 is 1.08 bits per heavy atom. The first kappa shape index (κ1) is 13.2. The lowest BCUT2D eigenvalue weighted by atomic mass is 10.7. The first-order chi connectivity index (χ1) is 6.06. The molecule has 0 radical (unpaired) electrons. The Balaban J connectivity index is 3.00. The van der Waals surface area contributed by atoms with Crippen LogP contribution >= 0.6 is 10.3 Å². The molecule has 0 aliphatic carbocycles. The van der Waals surface area contributed by atoms with E-state index >= 15 is 0 Å². The first-order valence-corrected chi connectivity index (χ1v) is 6.93. The van der Waals surface area contributed by atoms with E-state index in [1.165, 1.54) is 0 Å². The maximum atomic E-state index is 9.41. The van der Waals surface area contributed by atoms with Gasteiger partial charge in [0.05, 0.1) is 26.4 Å². The highest BCUT2D eigenvalue weighted by molar-refractivity contribution is 8.28. The Labute approximate surface area is 81.9 Å². The molecule has 0 unspecified atom stereocenters. The molecule has 0 atom stereocenters. The fraction of sp³-hybridized carbons (Fsp3) is 1.00. The summed E-state index contributed by atoms with van der Waals surface area (Å²) in [6, 6.07) is 0. The molecule has 0 saturated carbocycles. The van der Waals surface area contributed by atoms with Gasteiger partial charge in [-0.15, -0.1) is 10.3 Å². The van der Waals surface area contributed by atoms with E-state index in [1.54, 1.807) is 0 Å². The second-order valence-electron chi connectivity index (χ2n) is 3.20. The van der Waals surface area contributed by atoms with E-state index < -0.39 is 10.3 Å². The van der Waals surface area contributed by atoms with Crippen LogP contribution in [0.3, 0.4) is 0 Å². The van der Waals surface area contributed by atoms with Gasteiger partial charge in [0.15, 0.2) is 0 Å². The van der Waals surface area contributed by atoms with Crippen LogP contribution in [0.25, 0.3) is 0 Å². The lowest BCUT2D eigenvalue weighted by Gasteiger charge is -2.22. The van der Waals surface area contributed by atoms with Crippen molar-refractivity contribution in [2.24, 2.45) is 5.73 Å². The van der Waals surface area contributed by atoms with Gasteiger partial charge in [0.1, 0.15) is 0 Å². The van der Waals surface area contributed by atoms with Crippen LogP contribution < -0.4 is 5.73 Å². The van der Waals surface area contributed by atoms with E-state index in [-0.39, 0.29) is 0 Å². The van der Waals surface area contributed by atoms with Crippen molar-refractivity contribution in [3.05, 3.63) is 0 Å². The fourth-order valence-corrected chi connectivity index (χ4v) is 1.19. The molecular weight excluding hydrogens is 190 g/mol. The van der Waals surface area contributed by atoms with Gasteiger partial charge in [0.2, 0.25) is 0 Å². The molecule has 82 valence electrons. The van der Waals surface area contributed by atoms with Gasteiger partial charge in [-0.05, 0) is 12.5 Å². The Kier molecular flexibility index (Phi) is 7.69. The molecule has 0 aromatic carbocycles. The van der Waals surface area contributed by atoms with E-state index in [0.717, 1.165) is 5.75 Å². The van der Waals surface area contributed by atoms with Crippen LogP contribution in [0.4, 0.5) is 0 Å². The van der Waals surface area contributed by atoms with Crippen molar-refractivity contribution >= 4 is 10.3 Å². The van der Waals surface area contributed by atoms with Crippen molar-refractivity contribution in [1.82, 2.24) is 0 Å². The minimum atomic E-state index is -1.41. The molecule has 0 saturated heterocycles. The summed E-state index contributed by atoms with van der Waals surface area (Å²) in [5.74, 6) is 0.726. The molecule has 0 aliphatic rings. The third-order valence-corrected chi connectivity index (χ3v) is 2.53. The van der Waals surface area contributed by atoms with Crippen molar-refractivity contribution in [2.45, 2.75) is 0 Å². The summed E-state index contributed by atoms with van der Waals surface area (Å²) in [4.78, 5) is 0. The molecule has 3 N–H and O–H groups in total. The number of rotatable bonds is 8. The summed E-state index contributed by atoms with van der Waals surface area (Å²) >= 11 is 0. The van der Waals surface area contributed by atoms with Crippen molar-refractivity contribution in [3.63, 3.8) is 0 Å². The molecule has 4 nitrogen and oxygen atoms in total. The third-order valence-electron chi connectivity index (χ3n) is 1.36. The van der Waals surface area contributed by atoms with Crippen LogP contribution in [0.2, 0.25) is 0 Å². The molecule has 0 aliphatic heterocycles. The summed E-state index contributed by atoms with van der Waals surface area (Å²) in [5.41, 5.74) is 5.23. The van der Waals surface area contributed by atoms with Gasteiger partial charge in [-0.3, -0.25) is 0 Å². The maximum Gasteiger partial charge on any atom is 0.0701 e. The van der Waals surface area contributed by atoms with Crippen LogP contribution in [-0.4, -0.2) is 55.8 Å². The van der Waals surface area contributed by atoms with Gasteiger partial charge in [-0.2, -0.15) is 0 Å². The molecule has 0 aromatic heterocycles. The maximum absolute atomic E-state index is 9.41. The van der Waals surface area contributed by atoms with Crippen molar-refractivity contribution in [3.8, 4) is 0 Å². The molecule has 0 bridgehead atoms. The molecule has 0 fully saturated rings. The fourth-order valence-electron chi connectivity index (χ4n) is 0.668. The topological polar surface area (TPSA) is 64.7 Å². The van der Waals surface area contributed by atoms with Gasteiger partial charge in [-0.1, -0.05) is 0 Å². The van der Waals surface area contributed by atoms with Crippen LogP contribution in [0.5, 0.6) is 0 Å². The Morgan fingerprint density at radius 2 is 1.62 bits per heavy atom. The zero-order valence-electron chi connectivity index (χ0n) is 8.49. The Morgan fingerprint density at radius 3 is 2.08 bits per heavy atom. The summed E-state index contributed by atoms with van der Waals surface area (Å²) in [5, 5.41) is 0. The minimum Gasteiger partial charge on any atom is -0.378 e. The summed E-state index contributed by atoms with van der Waals surface area (Å²) in [6.45, 7) is 2.90. The average Bonchev–Trinajstić information content (AvgIpc) is 2.01. The summed E-state index contributed by atoms with van der Waals surface area (Å²) < 4.78 is 19.8. The summed E-state index contributed by atoms with van der Waals surface area (Å²) in [6.07, 6.45) is 3.70. The lowest BCUT2D eigenvalue weighted by molar-refractivity contribution is 0.0567. The van der Waals surface area contributed by atoms with E-state index in [9.17, 15) is 4.55 Å². The summed E-state index contributed by atoms with van der Waals surface area (Å²) in [7, 11) is -1.41. The van der Waals surface area contributed by atoms with Crippen molar-refractivity contribution in [1.29, 1.82) is 0 Å². The van der Waals surface area contributed by atoms with Gasteiger partial charge < -0.3 is 19.8 Å². The minimum absolute atomic E-state index is 0.549. The third kappa shape index (κ3) is 12.2. The SMILES string of the molecule is CS(C)(O)CCOCCOCCN. The second-order valence-corrected chi connectivity index (χ2v) is 6.57. The monoisotopic (exact) mass is 211 g/mol. The van der Waals surface area contributed by atoms with Gasteiger partial charge in [0.25, 0.3) is 0 Å². The molecular formula is C8H21NO3S. The normalized spacial score (nSPS) is 13.2. The predicted octanol–water partition coefficient (Wildman–Crippen LogP) is 0.516. The first-order valence-electron chi connectivity index (χ1n) is 4.35. The molecule has 0 rings (SSSR count). The van der Waals surface area contributed by atoms with Crippen LogP contribution in [0.15, 0.2) is 0 Å². The number of hydrogen-bond acceptors (Lipinski definition) is 4. The van der Waals surface area contributed by atoms with Gasteiger partial charge >= 0.3 is 0 Å². The predicted molar refractivity (Wildman–Crippen MR) is 57.6 cm³/mol. The Hall–Kier alpha value is 0.190. The van der Waals surface area contributed by atoms with Gasteiger partial charge in [0, 0.05) is 12.3 Å². The van der Waals surface area contributed by atoms with Crippen LogP contribution in [0, 0.1) is 0 Å². The molecule has 0 spiro atoms. The van der Waals surface area contributed by atoms with Crippen LogP contribution in [0.1, 0.15) is 0 Å². The quantitative estimate of drug-likeness (QED) is 0.574. The highest BCUT2D eigenvalue weighted by atomic mass is 32.3. The average molecular weight is 211 g/mol. The van der Waals surface area contributed by atoms with Crippen molar-refractivity contribution < 1.29 is 14.0 Å². The molecule has 0 aromatic rings.